The van der Waals surface area contributed by atoms with Gasteiger partial charge in [-0.1, -0.05) is 12.1 Å². The molecular weight excluding hydrogens is 408 g/mol. The van der Waals surface area contributed by atoms with Crippen molar-refractivity contribution in [1.29, 1.82) is 0 Å². The van der Waals surface area contributed by atoms with E-state index in [-0.39, 0.29) is 11.5 Å². The van der Waals surface area contributed by atoms with E-state index >= 15 is 0 Å². The first-order valence-electron chi connectivity index (χ1n) is 10.3. The summed E-state index contributed by atoms with van der Waals surface area (Å²) in [6.45, 7) is 3.14. The number of aryl methyl sites for hydroxylation is 1. The Morgan fingerprint density at radius 1 is 1.09 bits per heavy atom. The van der Waals surface area contributed by atoms with Crippen molar-refractivity contribution in [2.45, 2.75) is 0 Å². The van der Waals surface area contributed by atoms with Crippen molar-refractivity contribution in [3.8, 4) is 11.3 Å². The molecule has 32 heavy (non-hydrogen) atoms. The standard InChI is InChI=1S/C23H22N6O3/c1-28-14-25-20-17(3-2-4-19(20)28)18-13-24-22(21(27-18)23(30)31)26-15-5-7-16(8-6-15)29-9-11-32-12-10-29/h2-8,13-14H,9-12H2,1H3,(H,24,26)(H,30,31). The summed E-state index contributed by atoms with van der Waals surface area (Å²) in [5, 5.41) is 12.9. The monoisotopic (exact) mass is 430 g/mol. The van der Waals surface area contributed by atoms with Gasteiger partial charge in [-0.2, -0.15) is 0 Å². The molecule has 0 amide bonds. The van der Waals surface area contributed by atoms with Crippen LogP contribution in [0.3, 0.4) is 0 Å². The average molecular weight is 430 g/mol. The number of imidazole rings is 1. The van der Waals surface area contributed by atoms with Gasteiger partial charge in [0.05, 0.1) is 42.5 Å². The molecule has 9 heteroatoms. The van der Waals surface area contributed by atoms with Crippen molar-refractivity contribution in [3.63, 3.8) is 0 Å². The summed E-state index contributed by atoms with van der Waals surface area (Å²) in [7, 11) is 1.91. The molecule has 5 rings (SSSR count). The van der Waals surface area contributed by atoms with Gasteiger partial charge >= 0.3 is 5.97 Å². The summed E-state index contributed by atoms with van der Waals surface area (Å²) < 4.78 is 7.30. The molecule has 9 nitrogen and oxygen atoms in total. The number of aromatic nitrogens is 4. The van der Waals surface area contributed by atoms with Crippen molar-refractivity contribution in [3.05, 3.63) is 60.7 Å². The van der Waals surface area contributed by atoms with Crippen molar-refractivity contribution < 1.29 is 14.6 Å². The molecule has 0 bridgehead atoms. The van der Waals surface area contributed by atoms with Gasteiger partial charge in [0.25, 0.3) is 0 Å². The normalized spacial score (nSPS) is 14.0. The van der Waals surface area contributed by atoms with Gasteiger partial charge in [-0.25, -0.2) is 19.7 Å². The van der Waals surface area contributed by atoms with Gasteiger partial charge in [0.1, 0.15) is 0 Å². The number of hydrogen-bond acceptors (Lipinski definition) is 7. The van der Waals surface area contributed by atoms with Crippen molar-refractivity contribution in [2.75, 3.05) is 36.5 Å². The fourth-order valence-corrected chi connectivity index (χ4v) is 3.84. The van der Waals surface area contributed by atoms with Crippen LogP contribution in [0.15, 0.2) is 55.0 Å². The fourth-order valence-electron chi connectivity index (χ4n) is 3.84. The minimum Gasteiger partial charge on any atom is -0.476 e. The van der Waals surface area contributed by atoms with E-state index in [2.05, 4.69) is 25.2 Å². The largest absolute Gasteiger partial charge is 0.476 e. The lowest BCUT2D eigenvalue weighted by Crippen LogP contribution is -2.36. The van der Waals surface area contributed by atoms with Gasteiger partial charge in [-0.15, -0.1) is 0 Å². The van der Waals surface area contributed by atoms with Crippen LogP contribution in [-0.2, 0) is 11.8 Å². The first-order chi connectivity index (χ1) is 15.6. The summed E-state index contributed by atoms with van der Waals surface area (Å²) in [5.74, 6) is -0.964. The maximum atomic E-state index is 11.9. The number of carboxylic acid groups (broad SMARTS) is 1. The number of para-hydroxylation sites is 1. The van der Waals surface area contributed by atoms with Crippen LogP contribution in [0.5, 0.6) is 0 Å². The highest BCUT2D eigenvalue weighted by molar-refractivity contribution is 5.95. The van der Waals surface area contributed by atoms with Crippen LogP contribution in [0.1, 0.15) is 10.5 Å². The summed E-state index contributed by atoms with van der Waals surface area (Å²) >= 11 is 0. The highest BCUT2D eigenvalue weighted by atomic mass is 16.5. The van der Waals surface area contributed by atoms with E-state index in [9.17, 15) is 9.90 Å². The van der Waals surface area contributed by atoms with Crippen LogP contribution in [0.2, 0.25) is 0 Å². The molecule has 1 fully saturated rings. The van der Waals surface area contributed by atoms with Gasteiger partial charge < -0.3 is 24.6 Å². The van der Waals surface area contributed by atoms with E-state index in [1.165, 1.54) is 0 Å². The molecule has 0 radical (unpaired) electrons. The predicted molar refractivity (Wildman–Crippen MR) is 121 cm³/mol. The summed E-state index contributed by atoms with van der Waals surface area (Å²) in [6, 6.07) is 13.5. The molecule has 3 heterocycles. The number of aromatic carboxylic acids is 1. The second-order valence-corrected chi connectivity index (χ2v) is 7.56. The molecule has 0 atom stereocenters. The van der Waals surface area contributed by atoms with Gasteiger partial charge in [-0.05, 0) is 30.3 Å². The third-order valence-corrected chi connectivity index (χ3v) is 5.51. The van der Waals surface area contributed by atoms with Gasteiger partial charge in [0, 0.05) is 37.1 Å². The second-order valence-electron chi connectivity index (χ2n) is 7.56. The molecule has 4 aromatic rings. The maximum Gasteiger partial charge on any atom is 0.358 e. The van der Waals surface area contributed by atoms with Crippen molar-refractivity contribution in [1.82, 2.24) is 19.5 Å². The Bertz CT molecular complexity index is 1280. The lowest BCUT2D eigenvalue weighted by molar-refractivity contribution is 0.0691. The number of hydrogen-bond donors (Lipinski definition) is 2. The lowest BCUT2D eigenvalue weighted by atomic mass is 10.1. The van der Waals surface area contributed by atoms with Gasteiger partial charge in [0.2, 0.25) is 0 Å². The van der Waals surface area contributed by atoms with E-state index in [1.54, 1.807) is 12.5 Å². The minimum absolute atomic E-state index is 0.146. The van der Waals surface area contributed by atoms with E-state index in [4.69, 9.17) is 4.74 Å². The molecule has 0 aliphatic carbocycles. The highest BCUT2D eigenvalue weighted by Crippen LogP contribution is 2.28. The van der Waals surface area contributed by atoms with Gasteiger partial charge in [0.15, 0.2) is 11.5 Å². The molecule has 1 saturated heterocycles. The number of carbonyl (C=O) groups is 1. The predicted octanol–water partition coefficient (Wildman–Crippen LogP) is 3.31. The smallest absolute Gasteiger partial charge is 0.358 e. The third-order valence-electron chi connectivity index (χ3n) is 5.51. The van der Waals surface area contributed by atoms with E-state index in [1.807, 2.05) is 54.1 Å². The fraction of sp³-hybridized carbons (Fsp3) is 0.217. The molecule has 2 aromatic heterocycles. The minimum atomic E-state index is -1.15. The number of nitrogens with one attached hydrogen (secondary N) is 1. The number of fused-ring (bicyclic) bond motifs is 1. The molecule has 1 aliphatic rings. The molecule has 0 spiro atoms. The quantitative estimate of drug-likeness (QED) is 0.497. The van der Waals surface area contributed by atoms with E-state index in [0.717, 1.165) is 54.3 Å². The van der Waals surface area contributed by atoms with Crippen LogP contribution in [0.4, 0.5) is 17.2 Å². The Kier molecular flexibility index (Phi) is 5.16. The number of morpholine rings is 1. The molecule has 2 aromatic carbocycles. The Labute approximate surface area is 184 Å². The Morgan fingerprint density at radius 3 is 2.62 bits per heavy atom. The topological polar surface area (TPSA) is 105 Å². The van der Waals surface area contributed by atoms with Crippen molar-refractivity contribution in [2.24, 2.45) is 7.05 Å². The molecule has 1 aliphatic heterocycles. The van der Waals surface area contributed by atoms with Crippen LogP contribution >= 0.6 is 0 Å². The van der Waals surface area contributed by atoms with E-state index in [0.29, 0.717) is 5.69 Å². The zero-order valence-electron chi connectivity index (χ0n) is 17.5. The summed E-state index contributed by atoms with van der Waals surface area (Å²) in [5.41, 5.74) is 4.57. The Morgan fingerprint density at radius 2 is 1.88 bits per heavy atom. The highest BCUT2D eigenvalue weighted by Gasteiger charge is 2.18. The van der Waals surface area contributed by atoms with Crippen molar-refractivity contribution >= 4 is 34.2 Å². The first kappa shape index (κ1) is 20.0. The maximum absolute atomic E-state index is 11.9. The SMILES string of the molecule is Cn1cnc2c(-c3cnc(Nc4ccc(N5CCOCC5)cc4)c(C(=O)O)n3)cccc21. The molecule has 0 unspecified atom stereocenters. The summed E-state index contributed by atoms with van der Waals surface area (Å²) in [4.78, 5) is 27.4. The number of benzene rings is 2. The first-order valence-corrected chi connectivity index (χ1v) is 10.3. The Balaban J connectivity index is 1.44. The average Bonchev–Trinajstić information content (AvgIpc) is 3.21. The van der Waals surface area contributed by atoms with E-state index < -0.39 is 5.97 Å². The zero-order chi connectivity index (χ0) is 22.1. The number of anilines is 3. The molecule has 162 valence electrons. The number of rotatable bonds is 5. The molecule has 2 N–H and O–H groups in total. The summed E-state index contributed by atoms with van der Waals surface area (Å²) in [6.07, 6.45) is 3.29. The molecular formula is C23H22N6O3. The van der Waals surface area contributed by atoms with Crippen LogP contribution in [0.25, 0.3) is 22.3 Å². The lowest BCUT2D eigenvalue weighted by Gasteiger charge is -2.28. The zero-order valence-corrected chi connectivity index (χ0v) is 17.5. The second kappa shape index (κ2) is 8.27. The van der Waals surface area contributed by atoms with Crippen LogP contribution in [-0.4, -0.2) is 56.9 Å². The number of ether oxygens (including phenoxy) is 1. The molecule has 0 saturated carbocycles. The van der Waals surface area contributed by atoms with Crippen LogP contribution in [0, 0.1) is 0 Å². The Hall–Kier alpha value is -3.98. The number of carboxylic acids is 1. The number of nitrogens with zero attached hydrogens (tertiary/aromatic N) is 5. The third kappa shape index (κ3) is 3.74. The van der Waals surface area contributed by atoms with Gasteiger partial charge in [-0.3, -0.25) is 0 Å². The van der Waals surface area contributed by atoms with Crippen LogP contribution < -0.4 is 10.2 Å².